The van der Waals surface area contributed by atoms with Crippen molar-refractivity contribution in [3.63, 3.8) is 0 Å². The zero-order valence-electron chi connectivity index (χ0n) is 18.4. The van der Waals surface area contributed by atoms with E-state index < -0.39 is 16.9 Å². The molecule has 0 unspecified atom stereocenters. The molecule has 0 aliphatic rings. The summed E-state index contributed by atoms with van der Waals surface area (Å²) in [5.41, 5.74) is -0.0804. The van der Waals surface area contributed by atoms with E-state index in [1.165, 1.54) is 75.6 Å². The van der Waals surface area contributed by atoms with Gasteiger partial charge >= 0.3 is 5.97 Å². The molecule has 1 N–H and O–H groups in total. The Hall–Kier alpha value is -2.44. The van der Waals surface area contributed by atoms with Crippen molar-refractivity contribution in [1.29, 1.82) is 0 Å². The van der Waals surface area contributed by atoms with Crippen LogP contribution in [-0.2, 0) is 9.59 Å². The zero-order valence-corrected chi connectivity index (χ0v) is 18.4. The van der Waals surface area contributed by atoms with Gasteiger partial charge in [0.1, 0.15) is 11.8 Å². The van der Waals surface area contributed by atoms with E-state index in [0.29, 0.717) is 6.42 Å². The van der Waals surface area contributed by atoms with Gasteiger partial charge in [-0.1, -0.05) is 71.1 Å². The minimum absolute atomic E-state index is 0.0804. The van der Waals surface area contributed by atoms with Crippen LogP contribution in [0, 0.1) is 10.1 Å². The van der Waals surface area contributed by atoms with Crippen molar-refractivity contribution < 1.29 is 19.2 Å². The van der Waals surface area contributed by atoms with Crippen molar-refractivity contribution in [2.75, 3.05) is 0 Å². The van der Waals surface area contributed by atoms with Crippen molar-refractivity contribution in [2.45, 2.75) is 96.9 Å². The van der Waals surface area contributed by atoms with Gasteiger partial charge in [-0.25, -0.2) is 4.79 Å². The number of ether oxygens (including phenoxy) is 1. The summed E-state index contributed by atoms with van der Waals surface area (Å²) in [5, 5.41) is 13.3. The predicted octanol–water partition coefficient (Wildman–Crippen LogP) is 5.71. The molecule has 0 saturated carbocycles. The van der Waals surface area contributed by atoms with Crippen LogP contribution in [0.25, 0.3) is 0 Å². The fraction of sp³-hybridized carbons (Fsp3) is 0.652. The molecule has 0 heterocycles. The van der Waals surface area contributed by atoms with Crippen LogP contribution in [-0.4, -0.2) is 22.8 Å². The average molecular weight is 421 g/mol. The Morgan fingerprint density at radius 1 is 0.933 bits per heavy atom. The van der Waals surface area contributed by atoms with Crippen LogP contribution < -0.4 is 10.1 Å². The third-order valence-electron chi connectivity index (χ3n) is 5.00. The maximum Gasteiger partial charge on any atom is 0.333 e. The number of unbranched alkanes of at least 4 members (excludes halogenated alkanes) is 10. The van der Waals surface area contributed by atoms with Crippen molar-refractivity contribution >= 4 is 17.6 Å². The van der Waals surface area contributed by atoms with Crippen LogP contribution in [0.4, 0.5) is 5.69 Å². The van der Waals surface area contributed by atoms with Crippen molar-refractivity contribution in [3.05, 3.63) is 34.4 Å². The number of carbonyl (C=O) groups is 2. The number of amides is 1. The lowest BCUT2D eigenvalue weighted by Crippen LogP contribution is -2.40. The number of benzene rings is 1. The smallest absolute Gasteiger partial charge is 0.333 e. The minimum Gasteiger partial charge on any atom is -0.425 e. The molecule has 0 fully saturated rings. The maximum atomic E-state index is 12.1. The Morgan fingerprint density at radius 2 is 1.43 bits per heavy atom. The Labute approximate surface area is 179 Å². The largest absolute Gasteiger partial charge is 0.425 e. The highest BCUT2D eigenvalue weighted by atomic mass is 16.6. The fourth-order valence-corrected chi connectivity index (χ4v) is 3.16. The molecule has 7 nitrogen and oxygen atoms in total. The lowest BCUT2D eigenvalue weighted by molar-refractivity contribution is -0.384. The summed E-state index contributed by atoms with van der Waals surface area (Å²) >= 11 is 0. The van der Waals surface area contributed by atoms with Crippen molar-refractivity contribution in [3.8, 4) is 5.75 Å². The molecule has 0 aliphatic heterocycles. The first-order valence-corrected chi connectivity index (χ1v) is 11.2. The number of nitrogens with zero attached hydrogens (tertiary/aromatic N) is 1. The van der Waals surface area contributed by atoms with Crippen LogP contribution in [0.15, 0.2) is 24.3 Å². The number of esters is 1. The molecule has 1 aromatic carbocycles. The van der Waals surface area contributed by atoms with E-state index in [-0.39, 0.29) is 17.3 Å². The summed E-state index contributed by atoms with van der Waals surface area (Å²) in [7, 11) is 0. The molecule has 0 radical (unpaired) electrons. The van der Waals surface area contributed by atoms with Gasteiger partial charge in [0.15, 0.2) is 0 Å². The van der Waals surface area contributed by atoms with Gasteiger partial charge in [0.25, 0.3) is 5.69 Å². The van der Waals surface area contributed by atoms with Gasteiger partial charge in [-0.05, 0) is 25.5 Å². The second-order valence-electron chi connectivity index (χ2n) is 7.75. The van der Waals surface area contributed by atoms with E-state index in [1.807, 2.05) is 0 Å². The van der Waals surface area contributed by atoms with Crippen LogP contribution >= 0.6 is 0 Å². The van der Waals surface area contributed by atoms with Gasteiger partial charge < -0.3 is 10.1 Å². The first-order chi connectivity index (χ1) is 14.4. The average Bonchev–Trinajstić information content (AvgIpc) is 2.72. The summed E-state index contributed by atoms with van der Waals surface area (Å²) in [5.74, 6) is -0.563. The van der Waals surface area contributed by atoms with E-state index >= 15 is 0 Å². The van der Waals surface area contributed by atoms with Gasteiger partial charge in [0, 0.05) is 18.6 Å². The molecule has 1 amide bonds. The van der Waals surface area contributed by atoms with Crippen LogP contribution in [0.2, 0.25) is 0 Å². The summed E-state index contributed by atoms with van der Waals surface area (Å²) in [6.45, 7) is 3.79. The van der Waals surface area contributed by atoms with E-state index in [1.54, 1.807) is 6.92 Å². The molecule has 0 spiro atoms. The fourth-order valence-electron chi connectivity index (χ4n) is 3.16. The molecule has 1 atom stereocenters. The molecule has 30 heavy (non-hydrogen) atoms. The number of carbonyl (C=O) groups excluding carboxylic acids is 2. The molecule has 168 valence electrons. The Balaban J connectivity index is 2.10. The number of hydrogen-bond donors (Lipinski definition) is 1. The first kappa shape index (κ1) is 25.6. The van der Waals surface area contributed by atoms with Crippen LogP contribution in [0.1, 0.15) is 90.9 Å². The van der Waals surface area contributed by atoms with Crippen LogP contribution in [0.3, 0.4) is 0 Å². The Bertz CT molecular complexity index is 645. The summed E-state index contributed by atoms with van der Waals surface area (Å²) in [4.78, 5) is 34.2. The number of nitrogens with one attached hydrogen (secondary N) is 1. The number of hydrogen-bond acceptors (Lipinski definition) is 5. The van der Waals surface area contributed by atoms with Crippen LogP contribution in [0.5, 0.6) is 5.75 Å². The zero-order chi connectivity index (χ0) is 22.2. The van der Waals surface area contributed by atoms with Crippen molar-refractivity contribution in [2.24, 2.45) is 0 Å². The molecule has 0 aliphatic carbocycles. The third kappa shape index (κ3) is 11.5. The Kier molecular flexibility index (Phi) is 13.1. The second-order valence-corrected chi connectivity index (χ2v) is 7.75. The van der Waals surface area contributed by atoms with Gasteiger partial charge in [0.2, 0.25) is 5.91 Å². The highest BCUT2D eigenvalue weighted by molar-refractivity contribution is 5.85. The molecular weight excluding hydrogens is 384 g/mol. The summed E-state index contributed by atoms with van der Waals surface area (Å²) < 4.78 is 5.15. The minimum atomic E-state index is -0.777. The highest BCUT2D eigenvalue weighted by Crippen LogP contribution is 2.18. The van der Waals surface area contributed by atoms with Crippen molar-refractivity contribution in [1.82, 2.24) is 5.32 Å². The molecule has 0 bridgehead atoms. The highest BCUT2D eigenvalue weighted by Gasteiger charge is 2.18. The number of nitro groups is 1. The van der Waals surface area contributed by atoms with E-state index in [4.69, 9.17) is 4.74 Å². The maximum absolute atomic E-state index is 12.1. The Morgan fingerprint density at radius 3 is 1.93 bits per heavy atom. The summed E-state index contributed by atoms with van der Waals surface area (Å²) in [6.07, 6.45) is 13.8. The topological polar surface area (TPSA) is 98.5 Å². The van der Waals surface area contributed by atoms with E-state index in [0.717, 1.165) is 19.3 Å². The SMILES string of the molecule is CCCCCCCCCCCCCC(=O)N[C@@H](C)C(=O)Oc1ccc([N+](=O)[O-])cc1. The molecular formula is C23H36N2O5. The van der Waals surface area contributed by atoms with Gasteiger partial charge in [-0.2, -0.15) is 0 Å². The van der Waals surface area contributed by atoms with Gasteiger partial charge in [-0.3, -0.25) is 14.9 Å². The standard InChI is InChI=1S/C23H36N2O5/c1-3-4-5-6-7-8-9-10-11-12-13-14-22(26)24-19(2)23(27)30-21-17-15-20(16-18-21)25(28)29/h15-19H,3-14H2,1-2H3,(H,24,26)/t19-/m0/s1. The lowest BCUT2D eigenvalue weighted by atomic mass is 10.1. The lowest BCUT2D eigenvalue weighted by Gasteiger charge is -2.13. The molecule has 0 saturated heterocycles. The summed E-state index contributed by atoms with van der Waals surface area (Å²) in [6, 6.07) is 4.46. The quantitative estimate of drug-likeness (QED) is 0.121. The van der Waals surface area contributed by atoms with Gasteiger partial charge in [0.05, 0.1) is 4.92 Å². The monoisotopic (exact) mass is 420 g/mol. The number of rotatable bonds is 16. The number of non-ortho nitro benzene ring substituents is 1. The predicted molar refractivity (Wildman–Crippen MR) is 117 cm³/mol. The molecule has 1 aromatic rings. The van der Waals surface area contributed by atoms with Gasteiger partial charge in [-0.15, -0.1) is 0 Å². The number of nitro benzene ring substituents is 1. The second kappa shape index (κ2) is 15.4. The first-order valence-electron chi connectivity index (χ1n) is 11.2. The molecule has 7 heteroatoms. The van der Waals surface area contributed by atoms with E-state index in [9.17, 15) is 19.7 Å². The molecule has 0 aromatic heterocycles. The molecule has 1 rings (SSSR count). The third-order valence-corrected chi connectivity index (χ3v) is 5.00. The van der Waals surface area contributed by atoms with E-state index in [2.05, 4.69) is 12.2 Å². The normalized spacial score (nSPS) is 11.7.